The highest BCUT2D eigenvalue weighted by molar-refractivity contribution is 5.44. The Hall–Kier alpha value is -2.07. The summed E-state index contributed by atoms with van der Waals surface area (Å²) in [6, 6.07) is 11.8. The van der Waals surface area contributed by atoms with Gasteiger partial charge in [0.2, 0.25) is 0 Å². The fraction of sp³-hybridized carbons (Fsp3) is 0.353. The number of aromatic nitrogens is 1. The third-order valence-corrected chi connectivity index (χ3v) is 3.46. The maximum atomic E-state index is 9.37. The van der Waals surface area contributed by atoms with Gasteiger partial charge in [0.25, 0.3) is 0 Å². The molecule has 1 heterocycles. The first kappa shape index (κ1) is 15.3. The lowest BCUT2D eigenvalue weighted by molar-refractivity contribution is 0.281. The molecule has 2 rings (SSSR count). The molecule has 0 bridgehead atoms. The molecule has 0 aliphatic rings. The molecule has 2 aromatic rings. The minimum atomic E-state index is 0.0328. The Kier molecular flexibility index (Phi) is 5.17. The van der Waals surface area contributed by atoms with Gasteiger partial charge in [-0.1, -0.05) is 25.1 Å². The molecule has 1 N–H and O–H groups in total. The van der Waals surface area contributed by atoms with Crippen molar-refractivity contribution in [2.45, 2.75) is 26.5 Å². The van der Waals surface area contributed by atoms with Crippen molar-refractivity contribution >= 4 is 5.82 Å². The number of para-hydroxylation sites is 1. The molecule has 21 heavy (non-hydrogen) atoms. The van der Waals surface area contributed by atoms with Gasteiger partial charge < -0.3 is 14.7 Å². The highest BCUT2D eigenvalue weighted by Crippen LogP contribution is 2.22. The van der Waals surface area contributed by atoms with E-state index in [9.17, 15) is 5.11 Å². The van der Waals surface area contributed by atoms with Crippen LogP contribution in [-0.2, 0) is 19.6 Å². The standard InChI is InChI=1S/C17H22N2O2/c1-4-15-9-13(12-20)10-17(18-15)19(2)11-14-7-5-6-8-16(14)21-3/h5-10,20H,4,11-12H2,1-3H3. The van der Waals surface area contributed by atoms with E-state index in [1.165, 1.54) is 0 Å². The smallest absolute Gasteiger partial charge is 0.129 e. The molecule has 1 aromatic heterocycles. The summed E-state index contributed by atoms with van der Waals surface area (Å²) in [7, 11) is 3.67. The van der Waals surface area contributed by atoms with E-state index in [1.54, 1.807) is 7.11 Å². The highest BCUT2D eigenvalue weighted by atomic mass is 16.5. The molecule has 0 amide bonds. The molecule has 0 spiro atoms. The Bertz CT molecular complexity index is 577. The van der Waals surface area contributed by atoms with Crippen LogP contribution in [0.3, 0.4) is 0 Å². The van der Waals surface area contributed by atoms with Gasteiger partial charge in [0.05, 0.1) is 13.7 Å². The number of ether oxygens (including phenoxy) is 1. The van der Waals surface area contributed by atoms with E-state index >= 15 is 0 Å². The zero-order valence-corrected chi connectivity index (χ0v) is 12.8. The summed E-state index contributed by atoms with van der Waals surface area (Å²) in [6.45, 7) is 2.80. The summed E-state index contributed by atoms with van der Waals surface area (Å²) in [5, 5.41) is 9.37. The summed E-state index contributed by atoms with van der Waals surface area (Å²) in [5.41, 5.74) is 2.99. The molecule has 0 fully saturated rings. The first-order valence-electron chi connectivity index (χ1n) is 7.11. The molecule has 0 saturated carbocycles. The molecule has 0 radical (unpaired) electrons. The van der Waals surface area contributed by atoms with Crippen molar-refractivity contribution in [1.29, 1.82) is 0 Å². The lowest BCUT2D eigenvalue weighted by Crippen LogP contribution is -2.19. The van der Waals surface area contributed by atoms with Gasteiger partial charge in [-0.2, -0.15) is 0 Å². The van der Waals surface area contributed by atoms with Crippen LogP contribution in [0.15, 0.2) is 36.4 Å². The Balaban J connectivity index is 2.25. The molecular formula is C17H22N2O2. The van der Waals surface area contributed by atoms with Crippen LogP contribution in [0, 0.1) is 0 Å². The number of methoxy groups -OCH3 is 1. The van der Waals surface area contributed by atoms with Crippen LogP contribution in [-0.4, -0.2) is 24.2 Å². The predicted molar refractivity (Wildman–Crippen MR) is 84.6 cm³/mol. The first-order chi connectivity index (χ1) is 10.2. The second kappa shape index (κ2) is 7.09. The number of hydrogen-bond acceptors (Lipinski definition) is 4. The molecule has 0 aliphatic heterocycles. The third kappa shape index (κ3) is 3.73. The number of aliphatic hydroxyl groups excluding tert-OH is 1. The lowest BCUT2D eigenvalue weighted by atomic mass is 10.1. The number of aliphatic hydroxyl groups is 1. The third-order valence-electron chi connectivity index (χ3n) is 3.46. The van der Waals surface area contributed by atoms with Gasteiger partial charge in [-0.3, -0.25) is 0 Å². The minimum Gasteiger partial charge on any atom is -0.496 e. The quantitative estimate of drug-likeness (QED) is 0.887. The number of benzene rings is 1. The first-order valence-corrected chi connectivity index (χ1v) is 7.11. The van der Waals surface area contributed by atoms with Crippen molar-refractivity contribution in [1.82, 2.24) is 4.98 Å². The number of pyridine rings is 1. The van der Waals surface area contributed by atoms with Gasteiger partial charge in [0.15, 0.2) is 0 Å². The lowest BCUT2D eigenvalue weighted by Gasteiger charge is -2.21. The fourth-order valence-electron chi connectivity index (χ4n) is 2.27. The van der Waals surface area contributed by atoms with E-state index in [4.69, 9.17) is 4.74 Å². The van der Waals surface area contributed by atoms with Crippen LogP contribution in [0.4, 0.5) is 5.82 Å². The molecule has 4 heteroatoms. The molecule has 4 nitrogen and oxygen atoms in total. The maximum absolute atomic E-state index is 9.37. The molecule has 1 aromatic carbocycles. The Morgan fingerprint density at radius 3 is 2.67 bits per heavy atom. The second-order valence-corrected chi connectivity index (χ2v) is 5.00. The van der Waals surface area contributed by atoms with E-state index in [0.29, 0.717) is 6.54 Å². The summed E-state index contributed by atoms with van der Waals surface area (Å²) < 4.78 is 5.38. The maximum Gasteiger partial charge on any atom is 0.129 e. The molecule has 112 valence electrons. The molecule has 0 saturated heterocycles. The summed E-state index contributed by atoms with van der Waals surface area (Å²) >= 11 is 0. The Labute approximate surface area is 126 Å². The van der Waals surface area contributed by atoms with Gasteiger partial charge in [-0.25, -0.2) is 4.98 Å². The van der Waals surface area contributed by atoms with Crippen molar-refractivity contribution in [3.63, 3.8) is 0 Å². The Morgan fingerprint density at radius 1 is 1.24 bits per heavy atom. The van der Waals surface area contributed by atoms with Crippen LogP contribution < -0.4 is 9.64 Å². The van der Waals surface area contributed by atoms with Crippen LogP contribution in [0.25, 0.3) is 0 Å². The van der Waals surface area contributed by atoms with Crippen molar-refractivity contribution in [3.8, 4) is 5.75 Å². The number of anilines is 1. The van der Waals surface area contributed by atoms with Gasteiger partial charge in [0, 0.05) is 24.8 Å². The average Bonchev–Trinajstić information content (AvgIpc) is 2.54. The largest absolute Gasteiger partial charge is 0.496 e. The second-order valence-electron chi connectivity index (χ2n) is 5.00. The van der Waals surface area contributed by atoms with Crippen LogP contribution >= 0.6 is 0 Å². The number of nitrogens with zero attached hydrogens (tertiary/aromatic N) is 2. The monoisotopic (exact) mass is 286 g/mol. The zero-order chi connectivity index (χ0) is 15.2. The average molecular weight is 286 g/mol. The zero-order valence-electron chi connectivity index (χ0n) is 12.8. The van der Waals surface area contributed by atoms with E-state index in [2.05, 4.69) is 16.8 Å². The fourth-order valence-corrected chi connectivity index (χ4v) is 2.27. The number of hydrogen-bond donors (Lipinski definition) is 1. The van der Waals surface area contributed by atoms with Gasteiger partial charge >= 0.3 is 0 Å². The summed E-state index contributed by atoms with van der Waals surface area (Å²) in [4.78, 5) is 6.69. The van der Waals surface area contributed by atoms with Crippen molar-refractivity contribution < 1.29 is 9.84 Å². The van der Waals surface area contributed by atoms with E-state index in [-0.39, 0.29) is 6.61 Å². The predicted octanol–water partition coefficient (Wildman–Crippen LogP) is 2.78. The van der Waals surface area contributed by atoms with Crippen LogP contribution in [0.5, 0.6) is 5.75 Å². The van der Waals surface area contributed by atoms with Gasteiger partial charge in [0.1, 0.15) is 11.6 Å². The molecule has 0 aliphatic carbocycles. The normalized spacial score (nSPS) is 10.5. The van der Waals surface area contributed by atoms with Crippen LogP contribution in [0.2, 0.25) is 0 Å². The highest BCUT2D eigenvalue weighted by Gasteiger charge is 2.09. The minimum absolute atomic E-state index is 0.0328. The SMILES string of the molecule is CCc1cc(CO)cc(N(C)Cc2ccccc2OC)n1. The van der Waals surface area contributed by atoms with E-state index < -0.39 is 0 Å². The number of rotatable bonds is 6. The molecule has 0 atom stereocenters. The summed E-state index contributed by atoms with van der Waals surface area (Å²) in [5.74, 6) is 1.74. The number of aryl methyl sites for hydroxylation is 1. The van der Waals surface area contributed by atoms with E-state index in [0.717, 1.165) is 34.8 Å². The van der Waals surface area contributed by atoms with Crippen molar-refractivity contribution in [3.05, 3.63) is 53.2 Å². The molecule has 0 unspecified atom stereocenters. The van der Waals surface area contributed by atoms with Crippen LogP contribution in [0.1, 0.15) is 23.7 Å². The van der Waals surface area contributed by atoms with E-state index in [1.807, 2.05) is 43.4 Å². The van der Waals surface area contributed by atoms with Gasteiger partial charge in [-0.05, 0) is 30.2 Å². The Morgan fingerprint density at radius 2 is 2.00 bits per heavy atom. The molecular weight excluding hydrogens is 264 g/mol. The van der Waals surface area contributed by atoms with Crippen molar-refractivity contribution in [2.24, 2.45) is 0 Å². The van der Waals surface area contributed by atoms with Gasteiger partial charge in [-0.15, -0.1) is 0 Å². The van der Waals surface area contributed by atoms with Crippen molar-refractivity contribution in [2.75, 3.05) is 19.1 Å². The topological polar surface area (TPSA) is 45.6 Å². The summed E-state index contributed by atoms with van der Waals surface area (Å²) in [6.07, 6.45) is 0.851.